The van der Waals surface area contributed by atoms with Crippen LogP contribution in [0.2, 0.25) is 0 Å². The van der Waals surface area contributed by atoms with Crippen molar-refractivity contribution in [3.63, 3.8) is 0 Å². The Hall–Kier alpha value is -2.34. The summed E-state index contributed by atoms with van der Waals surface area (Å²) >= 11 is 3.44. The molecule has 0 saturated carbocycles. The highest BCUT2D eigenvalue weighted by molar-refractivity contribution is 9.10. The largest absolute Gasteiger partial charge is 0.368 e. The van der Waals surface area contributed by atoms with Crippen molar-refractivity contribution in [2.45, 2.75) is 6.54 Å². The number of anilines is 1. The molecule has 3 aromatic rings. The summed E-state index contributed by atoms with van der Waals surface area (Å²) in [5.74, 6) is 0. The van der Waals surface area contributed by atoms with E-state index in [0.717, 1.165) is 15.7 Å². The lowest BCUT2D eigenvalue weighted by atomic mass is 10.2. The third kappa shape index (κ3) is 2.82. The van der Waals surface area contributed by atoms with Crippen molar-refractivity contribution >= 4 is 32.7 Å². The molecular formula is C16H14BrN3O2. The molecule has 0 atom stereocenters. The van der Waals surface area contributed by atoms with Crippen LogP contribution >= 0.6 is 15.9 Å². The van der Waals surface area contributed by atoms with E-state index in [1.54, 1.807) is 6.07 Å². The second kappa shape index (κ2) is 5.81. The molecule has 3 rings (SSSR count). The number of fused-ring (bicyclic) bond motifs is 1. The van der Waals surface area contributed by atoms with Gasteiger partial charge in [0.05, 0.1) is 16.7 Å². The molecule has 0 unspecified atom stereocenters. The molecule has 1 heterocycles. The van der Waals surface area contributed by atoms with Crippen LogP contribution in [0, 0.1) is 0 Å². The summed E-state index contributed by atoms with van der Waals surface area (Å²) in [6.07, 6.45) is 0. The van der Waals surface area contributed by atoms with Crippen LogP contribution in [0.4, 0.5) is 5.69 Å². The summed E-state index contributed by atoms with van der Waals surface area (Å²) in [7, 11) is 1.94. The van der Waals surface area contributed by atoms with E-state index >= 15 is 0 Å². The Balaban J connectivity index is 2.11. The minimum atomic E-state index is -0.651. The number of rotatable bonds is 3. The maximum Gasteiger partial charge on any atom is 0.314 e. The Bertz CT molecular complexity index is 932. The smallest absolute Gasteiger partial charge is 0.314 e. The van der Waals surface area contributed by atoms with E-state index in [2.05, 4.69) is 25.9 Å². The van der Waals surface area contributed by atoms with Gasteiger partial charge in [0.2, 0.25) is 0 Å². The molecule has 6 heteroatoms. The van der Waals surface area contributed by atoms with Crippen LogP contribution < -0.4 is 16.0 Å². The molecule has 0 fully saturated rings. The molecule has 0 bridgehead atoms. The highest BCUT2D eigenvalue weighted by Gasteiger charge is 2.11. The van der Waals surface area contributed by atoms with Gasteiger partial charge in [0, 0.05) is 18.1 Å². The number of hydrogen-bond acceptors (Lipinski definition) is 3. The number of nitrogens with zero attached hydrogens (tertiary/aromatic N) is 1. The zero-order valence-electron chi connectivity index (χ0n) is 11.9. The average Bonchev–Trinajstić information content (AvgIpc) is 2.49. The molecule has 112 valence electrons. The van der Waals surface area contributed by atoms with Crippen molar-refractivity contribution in [1.82, 2.24) is 9.97 Å². The predicted molar refractivity (Wildman–Crippen MR) is 91.4 cm³/mol. The third-order valence-electron chi connectivity index (χ3n) is 3.45. The van der Waals surface area contributed by atoms with E-state index in [9.17, 15) is 9.59 Å². The topological polar surface area (TPSA) is 69.0 Å². The quantitative estimate of drug-likeness (QED) is 0.706. The van der Waals surface area contributed by atoms with Crippen LogP contribution in [0.1, 0.15) is 5.56 Å². The SMILES string of the molecule is CN(Cc1ccccc1)c1cc(Br)cc2[nH]c(=O)c(=O)[nH]c12. The van der Waals surface area contributed by atoms with Gasteiger partial charge in [-0.1, -0.05) is 46.3 Å². The van der Waals surface area contributed by atoms with E-state index in [4.69, 9.17) is 0 Å². The maximum absolute atomic E-state index is 11.6. The van der Waals surface area contributed by atoms with Gasteiger partial charge in [0.15, 0.2) is 0 Å². The van der Waals surface area contributed by atoms with Gasteiger partial charge in [-0.3, -0.25) is 9.59 Å². The van der Waals surface area contributed by atoms with Crippen molar-refractivity contribution in [2.24, 2.45) is 0 Å². The standard InChI is InChI=1S/C16H14BrN3O2/c1-20(9-10-5-3-2-4-6-10)13-8-11(17)7-12-14(13)19-16(22)15(21)18-12/h2-8H,9H2,1H3,(H,18,21)(H,19,22). The van der Waals surface area contributed by atoms with Gasteiger partial charge in [0.1, 0.15) is 0 Å². The minimum absolute atomic E-state index is 0.592. The van der Waals surface area contributed by atoms with Crippen molar-refractivity contribution in [2.75, 3.05) is 11.9 Å². The van der Waals surface area contributed by atoms with Gasteiger partial charge in [0.25, 0.3) is 0 Å². The fourth-order valence-electron chi connectivity index (χ4n) is 2.42. The summed E-state index contributed by atoms with van der Waals surface area (Å²) in [4.78, 5) is 30.4. The van der Waals surface area contributed by atoms with Gasteiger partial charge in [-0.15, -0.1) is 0 Å². The van der Waals surface area contributed by atoms with Crippen LogP contribution in [0.15, 0.2) is 56.5 Å². The molecule has 0 aliphatic rings. The number of aromatic nitrogens is 2. The summed E-state index contributed by atoms with van der Waals surface area (Å²) in [5.41, 5.74) is 1.90. The van der Waals surface area contributed by atoms with Gasteiger partial charge >= 0.3 is 11.1 Å². The van der Waals surface area contributed by atoms with Gasteiger partial charge < -0.3 is 14.9 Å². The number of nitrogens with one attached hydrogen (secondary N) is 2. The fourth-order valence-corrected chi connectivity index (χ4v) is 2.86. The van der Waals surface area contributed by atoms with Gasteiger partial charge in [-0.05, 0) is 17.7 Å². The summed E-state index contributed by atoms with van der Waals surface area (Å²) in [6.45, 7) is 0.688. The monoisotopic (exact) mass is 359 g/mol. The summed E-state index contributed by atoms with van der Waals surface area (Å²) < 4.78 is 0.831. The Morgan fingerprint density at radius 3 is 2.45 bits per heavy atom. The molecule has 1 aromatic heterocycles. The first kappa shape index (κ1) is 14.6. The van der Waals surface area contributed by atoms with Crippen molar-refractivity contribution in [3.8, 4) is 0 Å². The Kier molecular flexibility index (Phi) is 3.85. The van der Waals surface area contributed by atoms with Crippen LogP contribution in [-0.2, 0) is 6.54 Å². The van der Waals surface area contributed by atoms with E-state index in [0.29, 0.717) is 17.6 Å². The van der Waals surface area contributed by atoms with Crippen molar-refractivity contribution in [3.05, 3.63) is 73.2 Å². The van der Waals surface area contributed by atoms with Gasteiger partial charge in [-0.2, -0.15) is 0 Å². The van der Waals surface area contributed by atoms with Crippen molar-refractivity contribution < 1.29 is 0 Å². The average molecular weight is 360 g/mol. The lowest BCUT2D eigenvalue weighted by Crippen LogP contribution is -2.29. The first-order valence-electron chi connectivity index (χ1n) is 6.75. The third-order valence-corrected chi connectivity index (χ3v) is 3.91. The molecule has 2 N–H and O–H groups in total. The highest BCUT2D eigenvalue weighted by Crippen LogP contribution is 2.27. The number of H-pyrrole nitrogens is 2. The van der Waals surface area contributed by atoms with Crippen LogP contribution in [-0.4, -0.2) is 17.0 Å². The number of benzene rings is 2. The zero-order chi connectivity index (χ0) is 15.7. The number of halogens is 1. The Morgan fingerprint density at radius 1 is 1.05 bits per heavy atom. The second-order valence-corrected chi connectivity index (χ2v) is 6.01. The second-order valence-electron chi connectivity index (χ2n) is 5.10. The molecule has 0 aliphatic carbocycles. The Labute approximate surface area is 134 Å². The van der Waals surface area contributed by atoms with E-state index in [-0.39, 0.29) is 0 Å². The lowest BCUT2D eigenvalue weighted by molar-refractivity contribution is 0.924. The predicted octanol–water partition coefficient (Wildman–Crippen LogP) is 2.62. The van der Waals surface area contributed by atoms with E-state index in [1.807, 2.05) is 48.3 Å². The number of hydrogen-bond donors (Lipinski definition) is 2. The first-order valence-corrected chi connectivity index (χ1v) is 7.55. The van der Waals surface area contributed by atoms with Crippen LogP contribution in [0.5, 0.6) is 0 Å². The highest BCUT2D eigenvalue weighted by atomic mass is 79.9. The number of aromatic amines is 2. The molecule has 2 aromatic carbocycles. The zero-order valence-corrected chi connectivity index (χ0v) is 13.5. The summed E-state index contributed by atoms with van der Waals surface area (Å²) in [6, 6.07) is 13.7. The molecule has 0 amide bonds. The fraction of sp³-hybridized carbons (Fsp3) is 0.125. The van der Waals surface area contributed by atoms with Crippen molar-refractivity contribution in [1.29, 1.82) is 0 Å². The molecule has 5 nitrogen and oxygen atoms in total. The minimum Gasteiger partial charge on any atom is -0.368 e. The molecule has 0 saturated heterocycles. The molecule has 0 radical (unpaired) electrons. The van der Waals surface area contributed by atoms with E-state index in [1.165, 1.54) is 0 Å². The maximum atomic E-state index is 11.6. The van der Waals surface area contributed by atoms with Crippen LogP contribution in [0.25, 0.3) is 11.0 Å². The van der Waals surface area contributed by atoms with Crippen LogP contribution in [0.3, 0.4) is 0 Å². The normalized spacial score (nSPS) is 10.8. The van der Waals surface area contributed by atoms with E-state index < -0.39 is 11.1 Å². The molecule has 0 spiro atoms. The molecule has 0 aliphatic heterocycles. The first-order chi connectivity index (χ1) is 10.5. The molecular weight excluding hydrogens is 346 g/mol. The molecule has 22 heavy (non-hydrogen) atoms. The lowest BCUT2D eigenvalue weighted by Gasteiger charge is -2.21. The summed E-state index contributed by atoms with van der Waals surface area (Å²) in [5, 5.41) is 0. The Morgan fingerprint density at radius 2 is 1.73 bits per heavy atom. The van der Waals surface area contributed by atoms with Gasteiger partial charge in [-0.25, -0.2) is 0 Å².